The van der Waals surface area contributed by atoms with Crippen LogP contribution in [0.5, 0.6) is 5.75 Å². The van der Waals surface area contributed by atoms with Crippen LogP contribution in [0.4, 0.5) is 5.69 Å². The zero-order valence-electron chi connectivity index (χ0n) is 13.6. The molecule has 0 heterocycles. The Morgan fingerprint density at radius 2 is 1.72 bits per heavy atom. The predicted molar refractivity (Wildman–Crippen MR) is 97.3 cm³/mol. The van der Waals surface area contributed by atoms with Gasteiger partial charge in [-0.05, 0) is 30.7 Å². The van der Waals surface area contributed by atoms with Crippen LogP contribution in [0, 0.1) is 6.92 Å². The molecule has 0 aliphatic rings. The van der Waals surface area contributed by atoms with E-state index in [0.717, 1.165) is 5.56 Å². The van der Waals surface area contributed by atoms with E-state index in [1.807, 2.05) is 31.2 Å². The fourth-order valence-electron chi connectivity index (χ4n) is 1.97. The fourth-order valence-corrected chi connectivity index (χ4v) is 2.47. The first kappa shape index (κ1) is 19.1. The Morgan fingerprint density at radius 3 is 2.40 bits per heavy atom. The molecule has 0 saturated carbocycles. The van der Waals surface area contributed by atoms with Crippen molar-refractivity contribution in [3.63, 3.8) is 0 Å². The van der Waals surface area contributed by atoms with Crippen LogP contribution in [0.2, 0.25) is 10.0 Å². The summed E-state index contributed by atoms with van der Waals surface area (Å²) < 4.78 is 10.4. The van der Waals surface area contributed by atoms with Crippen LogP contribution in [0.1, 0.15) is 12.0 Å². The number of para-hydroxylation sites is 2. The van der Waals surface area contributed by atoms with Crippen molar-refractivity contribution in [2.75, 3.05) is 18.5 Å². The molecular formula is C18H17Cl2NO4. The number of amides is 1. The molecule has 0 aliphatic heterocycles. The lowest BCUT2D eigenvalue weighted by Crippen LogP contribution is -2.22. The van der Waals surface area contributed by atoms with Crippen LogP contribution < -0.4 is 10.1 Å². The minimum Gasteiger partial charge on any atom is -0.493 e. The number of hydrogen-bond acceptors (Lipinski definition) is 4. The molecular weight excluding hydrogens is 365 g/mol. The quantitative estimate of drug-likeness (QED) is 0.727. The van der Waals surface area contributed by atoms with Gasteiger partial charge in [-0.2, -0.15) is 0 Å². The number of halogens is 2. The second kappa shape index (κ2) is 9.30. The number of benzene rings is 2. The lowest BCUT2D eigenvalue weighted by Gasteiger charge is -2.10. The van der Waals surface area contributed by atoms with E-state index in [0.29, 0.717) is 15.8 Å². The van der Waals surface area contributed by atoms with Crippen molar-refractivity contribution in [1.29, 1.82) is 0 Å². The highest BCUT2D eigenvalue weighted by Crippen LogP contribution is 2.29. The molecule has 0 saturated heterocycles. The summed E-state index contributed by atoms with van der Waals surface area (Å²) in [5.41, 5.74) is 1.27. The third kappa shape index (κ3) is 5.96. The Kier molecular flexibility index (Phi) is 7.10. The second-order valence-electron chi connectivity index (χ2n) is 5.17. The summed E-state index contributed by atoms with van der Waals surface area (Å²) >= 11 is 11.9. The van der Waals surface area contributed by atoms with Gasteiger partial charge in [0.15, 0.2) is 6.61 Å². The molecule has 132 valence electrons. The SMILES string of the molecule is Cc1ccccc1OCCC(=O)OCC(=O)Nc1c(Cl)cccc1Cl. The first-order chi connectivity index (χ1) is 12.0. The average molecular weight is 382 g/mol. The number of rotatable bonds is 7. The maximum atomic E-state index is 11.8. The Morgan fingerprint density at radius 1 is 1.04 bits per heavy atom. The number of anilines is 1. The molecule has 2 aromatic rings. The van der Waals surface area contributed by atoms with E-state index in [4.69, 9.17) is 32.7 Å². The van der Waals surface area contributed by atoms with Gasteiger partial charge in [0.05, 0.1) is 28.8 Å². The van der Waals surface area contributed by atoms with Crippen molar-refractivity contribution in [3.8, 4) is 5.75 Å². The summed E-state index contributed by atoms with van der Waals surface area (Å²) in [4.78, 5) is 23.5. The van der Waals surface area contributed by atoms with Crippen LogP contribution in [-0.2, 0) is 14.3 Å². The van der Waals surface area contributed by atoms with Crippen LogP contribution in [0.3, 0.4) is 0 Å². The number of carbonyl (C=O) groups excluding carboxylic acids is 2. The van der Waals surface area contributed by atoms with Gasteiger partial charge in [-0.1, -0.05) is 47.5 Å². The predicted octanol–water partition coefficient (Wildman–Crippen LogP) is 4.25. The largest absolute Gasteiger partial charge is 0.493 e. The van der Waals surface area contributed by atoms with Crippen LogP contribution in [-0.4, -0.2) is 25.1 Å². The molecule has 25 heavy (non-hydrogen) atoms. The molecule has 0 radical (unpaired) electrons. The minimum atomic E-state index is -0.533. The van der Waals surface area contributed by atoms with Gasteiger partial charge in [-0.15, -0.1) is 0 Å². The highest BCUT2D eigenvalue weighted by atomic mass is 35.5. The highest BCUT2D eigenvalue weighted by molar-refractivity contribution is 6.39. The van der Waals surface area contributed by atoms with Gasteiger partial charge in [-0.3, -0.25) is 9.59 Å². The van der Waals surface area contributed by atoms with Crippen molar-refractivity contribution in [3.05, 3.63) is 58.1 Å². The summed E-state index contributed by atoms with van der Waals surface area (Å²) in [6, 6.07) is 12.3. The monoisotopic (exact) mass is 381 g/mol. The second-order valence-corrected chi connectivity index (χ2v) is 5.98. The number of carbonyl (C=O) groups is 2. The van der Waals surface area contributed by atoms with Crippen molar-refractivity contribution in [1.82, 2.24) is 0 Å². The van der Waals surface area contributed by atoms with E-state index in [2.05, 4.69) is 5.32 Å². The number of aryl methyl sites for hydroxylation is 1. The van der Waals surface area contributed by atoms with Crippen molar-refractivity contribution < 1.29 is 19.1 Å². The third-order valence-corrected chi connectivity index (χ3v) is 3.88. The average Bonchev–Trinajstić information content (AvgIpc) is 2.58. The smallest absolute Gasteiger partial charge is 0.309 e. The number of hydrogen-bond donors (Lipinski definition) is 1. The lowest BCUT2D eigenvalue weighted by atomic mass is 10.2. The fraction of sp³-hybridized carbons (Fsp3) is 0.222. The standard InChI is InChI=1S/C18H17Cl2NO4/c1-12-5-2-3-8-15(12)24-10-9-17(23)25-11-16(22)21-18-13(19)6-4-7-14(18)20/h2-8H,9-11H2,1H3,(H,21,22). The van der Waals surface area contributed by atoms with Gasteiger partial charge in [-0.25, -0.2) is 0 Å². The molecule has 2 rings (SSSR count). The molecule has 1 amide bonds. The van der Waals surface area contributed by atoms with Crippen molar-refractivity contribution in [2.45, 2.75) is 13.3 Å². The van der Waals surface area contributed by atoms with E-state index >= 15 is 0 Å². The summed E-state index contributed by atoms with van der Waals surface area (Å²) in [7, 11) is 0. The first-order valence-electron chi connectivity index (χ1n) is 7.55. The van der Waals surface area contributed by atoms with E-state index in [-0.39, 0.29) is 18.7 Å². The Bertz CT molecular complexity index is 744. The van der Waals surface area contributed by atoms with Gasteiger partial charge < -0.3 is 14.8 Å². The van der Waals surface area contributed by atoms with Gasteiger partial charge in [0.25, 0.3) is 5.91 Å². The molecule has 0 bridgehead atoms. The molecule has 0 atom stereocenters. The third-order valence-electron chi connectivity index (χ3n) is 3.25. The molecule has 5 nitrogen and oxygen atoms in total. The molecule has 7 heteroatoms. The maximum absolute atomic E-state index is 11.8. The van der Waals surface area contributed by atoms with Crippen LogP contribution in [0.15, 0.2) is 42.5 Å². The first-order valence-corrected chi connectivity index (χ1v) is 8.31. The number of nitrogens with one attached hydrogen (secondary N) is 1. The van der Waals surface area contributed by atoms with Crippen molar-refractivity contribution >= 4 is 40.8 Å². The van der Waals surface area contributed by atoms with Crippen LogP contribution >= 0.6 is 23.2 Å². The summed E-state index contributed by atoms with van der Waals surface area (Å²) in [6.45, 7) is 1.66. The highest BCUT2D eigenvalue weighted by Gasteiger charge is 2.12. The normalized spacial score (nSPS) is 10.2. The summed E-state index contributed by atoms with van der Waals surface area (Å²) in [6.07, 6.45) is 0.0362. The molecule has 0 unspecified atom stereocenters. The maximum Gasteiger partial charge on any atom is 0.309 e. The van der Waals surface area contributed by atoms with Crippen LogP contribution in [0.25, 0.3) is 0 Å². The molecule has 1 N–H and O–H groups in total. The summed E-state index contributed by atoms with van der Waals surface area (Å²) in [5, 5.41) is 3.12. The lowest BCUT2D eigenvalue weighted by molar-refractivity contribution is -0.147. The topological polar surface area (TPSA) is 64.6 Å². The number of ether oxygens (including phenoxy) is 2. The van der Waals surface area contributed by atoms with Crippen molar-refractivity contribution in [2.24, 2.45) is 0 Å². The Balaban J connectivity index is 1.73. The molecule has 0 spiro atoms. The zero-order chi connectivity index (χ0) is 18.2. The van der Waals surface area contributed by atoms with Gasteiger partial charge >= 0.3 is 5.97 Å². The van der Waals surface area contributed by atoms with E-state index in [1.165, 1.54) is 0 Å². The van der Waals surface area contributed by atoms with Gasteiger partial charge in [0.2, 0.25) is 0 Å². The van der Waals surface area contributed by atoms with E-state index in [1.54, 1.807) is 18.2 Å². The number of esters is 1. The molecule has 0 fully saturated rings. The molecule has 2 aromatic carbocycles. The summed E-state index contributed by atoms with van der Waals surface area (Å²) in [5.74, 6) is -0.349. The van der Waals surface area contributed by atoms with Gasteiger partial charge in [0, 0.05) is 0 Å². The van der Waals surface area contributed by atoms with Gasteiger partial charge in [0.1, 0.15) is 5.75 Å². The van der Waals surface area contributed by atoms with E-state index < -0.39 is 18.5 Å². The van der Waals surface area contributed by atoms with E-state index in [9.17, 15) is 9.59 Å². The Labute approximate surface area is 155 Å². The minimum absolute atomic E-state index is 0.0362. The molecule has 0 aromatic heterocycles. The zero-order valence-corrected chi connectivity index (χ0v) is 15.1. The molecule has 0 aliphatic carbocycles. The Hall–Kier alpha value is -2.24.